The number of anilines is 2. The molecule has 3 aromatic rings. The third-order valence-electron chi connectivity index (χ3n) is 6.09. The molecule has 1 aliphatic heterocycles. The van der Waals surface area contributed by atoms with Crippen LogP contribution in [-0.4, -0.2) is 33.5 Å². The van der Waals surface area contributed by atoms with Gasteiger partial charge in [-0.25, -0.2) is 4.79 Å². The van der Waals surface area contributed by atoms with E-state index >= 15 is 0 Å². The van der Waals surface area contributed by atoms with Crippen molar-refractivity contribution in [2.24, 2.45) is 10.2 Å². The van der Waals surface area contributed by atoms with Gasteiger partial charge in [-0.15, -0.1) is 0 Å². The number of carboxylic acid groups (broad SMARTS) is 1. The van der Waals surface area contributed by atoms with Crippen molar-refractivity contribution >= 4 is 34.7 Å². The minimum absolute atomic E-state index is 0.0125. The van der Waals surface area contributed by atoms with Crippen LogP contribution in [0.3, 0.4) is 0 Å². The van der Waals surface area contributed by atoms with E-state index in [0.29, 0.717) is 11.1 Å². The number of alkyl halides is 3. The average Bonchev–Trinajstić information content (AvgIpc) is 3.15. The van der Waals surface area contributed by atoms with Crippen LogP contribution in [0.25, 0.3) is 0 Å². The molecule has 0 fully saturated rings. The summed E-state index contributed by atoms with van der Waals surface area (Å²) in [5, 5.41) is 29.2. The van der Waals surface area contributed by atoms with Gasteiger partial charge in [0.05, 0.1) is 28.2 Å². The predicted molar refractivity (Wildman–Crippen MR) is 137 cm³/mol. The zero-order valence-corrected chi connectivity index (χ0v) is 20.4. The third kappa shape index (κ3) is 5.36. The van der Waals surface area contributed by atoms with E-state index in [-0.39, 0.29) is 52.5 Å². The van der Waals surface area contributed by atoms with Crippen LogP contribution in [0.15, 0.2) is 70.9 Å². The van der Waals surface area contributed by atoms with Gasteiger partial charge in [-0.3, -0.25) is 10.2 Å². The quantitative estimate of drug-likeness (QED) is 0.283. The van der Waals surface area contributed by atoms with E-state index in [1.165, 1.54) is 36.4 Å². The smallest absolute Gasteiger partial charge is 0.416 e. The Kier molecular flexibility index (Phi) is 7.20. The zero-order valence-electron chi connectivity index (χ0n) is 20.4. The summed E-state index contributed by atoms with van der Waals surface area (Å²) in [5.74, 6) is -1.96. The third-order valence-corrected chi connectivity index (χ3v) is 6.09. The second kappa shape index (κ2) is 10.4. The number of hydrogen-bond acceptors (Lipinski definition) is 6. The van der Waals surface area contributed by atoms with Gasteiger partial charge >= 0.3 is 18.1 Å². The summed E-state index contributed by atoms with van der Waals surface area (Å²) in [6.07, 6.45) is -4.29. The van der Waals surface area contributed by atoms with Gasteiger partial charge in [-0.05, 0) is 73.7 Å². The Bertz CT molecular complexity index is 1480. The van der Waals surface area contributed by atoms with Crippen molar-refractivity contribution in [3.05, 3.63) is 88.5 Å². The van der Waals surface area contributed by atoms with Gasteiger partial charge in [-0.1, -0.05) is 30.3 Å². The molecule has 0 aromatic heterocycles. The molecule has 4 rings (SSSR count). The number of nitrogens with one attached hydrogen (secondary N) is 1. The second-order valence-electron chi connectivity index (χ2n) is 8.64. The van der Waals surface area contributed by atoms with Crippen molar-refractivity contribution in [2.45, 2.75) is 32.9 Å². The van der Waals surface area contributed by atoms with E-state index in [0.717, 1.165) is 11.1 Å². The highest BCUT2D eigenvalue weighted by Crippen LogP contribution is 2.35. The fourth-order valence-electron chi connectivity index (χ4n) is 4.13. The van der Waals surface area contributed by atoms with Crippen LogP contribution >= 0.6 is 0 Å². The minimum atomic E-state index is -4.49. The molecule has 0 atom stereocenters. The Hall–Kier alpha value is -4.67. The van der Waals surface area contributed by atoms with Crippen LogP contribution in [-0.2, 0) is 23.8 Å². The molecule has 0 unspecified atom stereocenters. The number of hydrogen-bond donors (Lipinski definition) is 3. The summed E-state index contributed by atoms with van der Waals surface area (Å²) in [7, 11) is 0. The maximum atomic E-state index is 13.5. The van der Waals surface area contributed by atoms with Gasteiger partial charge in [0.2, 0.25) is 0 Å². The molecule has 0 spiro atoms. The number of carboxylic acids is 1. The molecule has 38 heavy (non-hydrogen) atoms. The summed E-state index contributed by atoms with van der Waals surface area (Å²) in [6, 6.07) is 14.5. The summed E-state index contributed by atoms with van der Waals surface area (Å²) >= 11 is 0. The monoisotopic (exact) mass is 524 g/mol. The number of phenolic OH excluding ortho intramolecular Hbond substituents is 1. The predicted octanol–water partition coefficient (Wildman–Crippen LogP) is 5.39. The average molecular weight is 524 g/mol. The Labute approximate surface area is 215 Å². The molecule has 1 aliphatic rings. The molecule has 1 heterocycles. The lowest BCUT2D eigenvalue weighted by Gasteiger charge is -2.16. The molecule has 1 amide bonds. The molecular formula is C27H23F3N4O4. The number of para-hydroxylation sites is 1. The van der Waals surface area contributed by atoms with Gasteiger partial charge < -0.3 is 10.2 Å². The highest BCUT2D eigenvalue weighted by Gasteiger charge is 2.34. The maximum Gasteiger partial charge on any atom is 0.416 e. The highest BCUT2D eigenvalue weighted by molar-refractivity contribution is 6.71. The number of phenols is 1. The lowest BCUT2D eigenvalue weighted by molar-refractivity contribution is -0.138. The van der Waals surface area contributed by atoms with Crippen LogP contribution in [0, 0.1) is 6.92 Å². The molecule has 11 heteroatoms. The summed E-state index contributed by atoms with van der Waals surface area (Å²) in [5.41, 5.74) is 3.61. The number of aromatic hydroxyl groups is 1. The molecule has 3 N–H and O–H groups in total. The maximum absolute atomic E-state index is 13.5. The molecule has 3 aromatic carbocycles. The first-order valence-corrected chi connectivity index (χ1v) is 11.5. The van der Waals surface area contributed by atoms with Gasteiger partial charge in [-0.2, -0.15) is 28.4 Å². The molecule has 196 valence electrons. The van der Waals surface area contributed by atoms with Gasteiger partial charge in [0.1, 0.15) is 5.75 Å². The van der Waals surface area contributed by atoms with E-state index in [9.17, 15) is 33.0 Å². The number of aromatic carboxylic acids is 1. The van der Waals surface area contributed by atoms with Crippen LogP contribution in [0.1, 0.15) is 39.5 Å². The summed E-state index contributed by atoms with van der Waals surface area (Å²) in [6.45, 7) is 3.17. The van der Waals surface area contributed by atoms with Crippen molar-refractivity contribution in [1.82, 2.24) is 0 Å². The van der Waals surface area contributed by atoms with Crippen LogP contribution in [0.4, 0.5) is 24.5 Å². The fraction of sp³-hybridized carbons (Fsp3) is 0.185. The Morgan fingerprint density at radius 1 is 1.05 bits per heavy atom. The number of amides is 1. The first kappa shape index (κ1) is 26.4. The number of hydrazone groups is 2. The Morgan fingerprint density at radius 2 is 1.76 bits per heavy atom. The normalized spacial score (nSPS) is 14.7. The minimum Gasteiger partial charge on any atom is -0.505 e. The standard InChI is InChI=1S/C27H23F3N4O4/c1-15-6-3-10-21(27(28,29)30)20(15)13-12-17-7-5-11-22(24(17)35)31-32-23-16(2)33-34(25(23)36)19-9-4-8-18(14-19)26(37)38/h3-11,14,31,35H,12-13H2,1-2H3,(H,37,38)/b32-23-. The molecular weight excluding hydrogens is 501 g/mol. The number of carbonyl (C=O) groups excluding carboxylic acids is 1. The SMILES string of the molecule is CC1=NN(c2cccc(C(=O)O)c2)C(=O)/C1=N\Nc1cccc(CCc2c(C)cccc2C(F)(F)F)c1O. The lowest BCUT2D eigenvalue weighted by atomic mass is 9.95. The van der Waals surface area contributed by atoms with Gasteiger partial charge in [0.25, 0.3) is 0 Å². The van der Waals surface area contributed by atoms with E-state index in [2.05, 4.69) is 15.6 Å². The van der Waals surface area contributed by atoms with Crippen molar-refractivity contribution in [1.29, 1.82) is 0 Å². The van der Waals surface area contributed by atoms with Crippen molar-refractivity contribution in [3.8, 4) is 5.75 Å². The number of aryl methyl sites for hydroxylation is 2. The van der Waals surface area contributed by atoms with Gasteiger partial charge in [0.15, 0.2) is 5.71 Å². The first-order chi connectivity index (χ1) is 18.0. The molecule has 0 aliphatic carbocycles. The number of carbonyl (C=O) groups is 2. The molecule has 0 saturated carbocycles. The summed E-state index contributed by atoms with van der Waals surface area (Å²) in [4.78, 5) is 24.2. The highest BCUT2D eigenvalue weighted by atomic mass is 19.4. The van der Waals surface area contributed by atoms with Crippen LogP contribution < -0.4 is 10.4 Å². The summed E-state index contributed by atoms with van der Waals surface area (Å²) < 4.78 is 40.4. The topological polar surface area (TPSA) is 115 Å². The first-order valence-electron chi connectivity index (χ1n) is 11.5. The van der Waals surface area contributed by atoms with Crippen LogP contribution in [0.2, 0.25) is 0 Å². The molecule has 0 radical (unpaired) electrons. The van der Waals surface area contributed by atoms with Gasteiger partial charge in [0, 0.05) is 0 Å². The Morgan fingerprint density at radius 3 is 2.47 bits per heavy atom. The number of rotatable bonds is 7. The van der Waals surface area contributed by atoms with E-state index in [1.807, 2.05) is 0 Å². The Balaban J connectivity index is 1.52. The number of halogens is 3. The second-order valence-corrected chi connectivity index (χ2v) is 8.64. The fourth-order valence-corrected chi connectivity index (χ4v) is 4.13. The van der Waals surface area contributed by atoms with Crippen LogP contribution in [0.5, 0.6) is 5.75 Å². The van der Waals surface area contributed by atoms with Crippen molar-refractivity contribution < 1.29 is 33.0 Å². The molecule has 0 saturated heterocycles. The van der Waals surface area contributed by atoms with E-state index in [4.69, 9.17) is 0 Å². The van der Waals surface area contributed by atoms with Crippen molar-refractivity contribution in [3.63, 3.8) is 0 Å². The number of benzene rings is 3. The lowest BCUT2D eigenvalue weighted by Crippen LogP contribution is -2.28. The largest absolute Gasteiger partial charge is 0.505 e. The number of nitrogens with zero attached hydrogens (tertiary/aromatic N) is 3. The van der Waals surface area contributed by atoms with E-state index in [1.54, 1.807) is 32.0 Å². The molecule has 8 nitrogen and oxygen atoms in total. The van der Waals surface area contributed by atoms with Crippen molar-refractivity contribution in [2.75, 3.05) is 10.4 Å². The molecule has 0 bridgehead atoms. The zero-order chi connectivity index (χ0) is 27.6. The van der Waals surface area contributed by atoms with E-state index < -0.39 is 23.6 Å².